The van der Waals surface area contributed by atoms with Crippen LogP contribution in [0.3, 0.4) is 0 Å². The summed E-state index contributed by atoms with van der Waals surface area (Å²) in [6.45, 7) is 5.13. The molecule has 146 valence electrons. The van der Waals surface area contributed by atoms with Crippen molar-refractivity contribution in [3.63, 3.8) is 0 Å². The van der Waals surface area contributed by atoms with Crippen molar-refractivity contribution in [2.75, 3.05) is 37.7 Å². The third-order valence-electron chi connectivity index (χ3n) is 4.64. The first kappa shape index (κ1) is 19.4. The van der Waals surface area contributed by atoms with E-state index in [1.54, 1.807) is 23.1 Å². The summed E-state index contributed by atoms with van der Waals surface area (Å²) in [6.07, 6.45) is 2.92. The number of benzene rings is 2. The molecule has 28 heavy (non-hydrogen) atoms. The molecule has 0 spiro atoms. The first-order valence-corrected chi connectivity index (χ1v) is 9.27. The molecule has 7 heteroatoms. The van der Waals surface area contributed by atoms with E-state index in [1.165, 1.54) is 18.2 Å². The number of carbonyl (C=O) groups excluding carboxylic acids is 1. The van der Waals surface area contributed by atoms with Gasteiger partial charge in [0, 0.05) is 38.3 Å². The molecule has 2 aromatic rings. The molecule has 7 nitrogen and oxygen atoms in total. The Hall–Kier alpha value is -3.35. The molecule has 0 aliphatic carbocycles. The lowest BCUT2D eigenvalue weighted by Gasteiger charge is -2.36. The van der Waals surface area contributed by atoms with Gasteiger partial charge in [-0.05, 0) is 31.2 Å². The number of ether oxygens (including phenoxy) is 1. The highest BCUT2D eigenvalue weighted by atomic mass is 16.6. The molecular weight excluding hydrogens is 358 g/mol. The predicted molar refractivity (Wildman–Crippen MR) is 109 cm³/mol. The van der Waals surface area contributed by atoms with E-state index < -0.39 is 4.92 Å². The number of para-hydroxylation sites is 3. The minimum atomic E-state index is -0.446. The number of nitro groups is 1. The molecular formula is C21H23N3O4. The number of rotatable bonds is 6. The monoisotopic (exact) mass is 381 g/mol. The minimum absolute atomic E-state index is 0.0103. The van der Waals surface area contributed by atoms with Crippen molar-refractivity contribution in [3.8, 4) is 5.75 Å². The Labute approximate surface area is 164 Å². The van der Waals surface area contributed by atoms with E-state index in [-0.39, 0.29) is 11.6 Å². The van der Waals surface area contributed by atoms with E-state index in [2.05, 4.69) is 4.90 Å². The molecule has 3 rings (SSSR count). The molecule has 0 unspecified atom stereocenters. The zero-order valence-electron chi connectivity index (χ0n) is 15.8. The number of nitrogens with zero attached hydrogens (tertiary/aromatic N) is 3. The number of hydrogen-bond donors (Lipinski definition) is 0. The van der Waals surface area contributed by atoms with E-state index in [4.69, 9.17) is 4.74 Å². The Morgan fingerprint density at radius 2 is 1.79 bits per heavy atom. The van der Waals surface area contributed by atoms with Crippen molar-refractivity contribution in [1.82, 2.24) is 4.90 Å². The van der Waals surface area contributed by atoms with Crippen molar-refractivity contribution >= 4 is 23.4 Å². The maximum atomic E-state index is 12.5. The van der Waals surface area contributed by atoms with Crippen molar-refractivity contribution < 1.29 is 14.5 Å². The van der Waals surface area contributed by atoms with E-state index in [1.807, 2.05) is 31.2 Å². The molecule has 0 saturated carbocycles. The van der Waals surface area contributed by atoms with Gasteiger partial charge < -0.3 is 14.5 Å². The average molecular weight is 381 g/mol. The van der Waals surface area contributed by atoms with Crippen molar-refractivity contribution in [2.24, 2.45) is 0 Å². The van der Waals surface area contributed by atoms with Crippen LogP contribution < -0.4 is 9.64 Å². The van der Waals surface area contributed by atoms with Crippen LogP contribution in [0.2, 0.25) is 0 Å². The normalized spacial score (nSPS) is 14.3. The van der Waals surface area contributed by atoms with E-state index in [9.17, 15) is 14.9 Å². The second-order valence-corrected chi connectivity index (χ2v) is 6.36. The Morgan fingerprint density at radius 1 is 1.11 bits per heavy atom. The zero-order chi connectivity index (χ0) is 19.9. The largest absolute Gasteiger partial charge is 0.492 e. The first-order chi connectivity index (χ1) is 13.6. The molecule has 0 atom stereocenters. The van der Waals surface area contributed by atoms with Crippen LogP contribution in [-0.4, -0.2) is 48.5 Å². The van der Waals surface area contributed by atoms with E-state index >= 15 is 0 Å². The summed E-state index contributed by atoms with van der Waals surface area (Å²) < 4.78 is 5.69. The van der Waals surface area contributed by atoms with Gasteiger partial charge in [0.1, 0.15) is 5.75 Å². The highest BCUT2D eigenvalue weighted by Gasteiger charge is 2.22. The second kappa shape index (κ2) is 9.03. The van der Waals surface area contributed by atoms with Crippen LogP contribution in [0.4, 0.5) is 11.4 Å². The van der Waals surface area contributed by atoms with Gasteiger partial charge in [0.15, 0.2) is 0 Å². The van der Waals surface area contributed by atoms with Gasteiger partial charge in [-0.1, -0.05) is 24.3 Å². The summed E-state index contributed by atoms with van der Waals surface area (Å²) in [7, 11) is 0. The van der Waals surface area contributed by atoms with E-state index in [0.717, 1.165) is 11.4 Å². The van der Waals surface area contributed by atoms with Crippen LogP contribution in [-0.2, 0) is 4.79 Å². The third kappa shape index (κ3) is 4.49. The maximum Gasteiger partial charge on any atom is 0.276 e. The van der Waals surface area contributed by atoms with Gasteiger partial charge in [-0.2, -0.15) is 0 Å². The quantitative estimate of drug-likeness (QED) is 0.436. The first-order valence-electron chi connectivity index (χ1n) is 9.27. The molecule has 0 radical (unpaired) electrons. The fourth-order valence-electron chi connectivity index (χ4n) is 3.22. The molecule has 1 amide bonds. The molecule has 1 aliphatic rings. The summed E-state index contributed by atoms with van der Waals surface area (Å²) in [5.74, 6) is 0.706. The SMILES string of the molecule is CCOc1ccccc1N1CCN(C(=O)/C=C/c2ccccc2[N+](=O)[O-])CC1. The molecule has 1 aliphatic heterocycles. The Balaban J connectivity index is 1.63. The Kier molecular flexibility index (Phi) is 6.26. The minimum Gasteiger partial charge on any atom is -0.492 e. The third-order valence-corrected chi connectivity index (χ3v) is 4.64. The standard InChI is InChI=1S/C21H23N3O4/c1-2-28-20-10-6-5-9-19(20)22-13-15-23(16-14-22)21(25)12-11-17-7-3-4-8-18(17)24(26)27/h3-12H,2,13-16H2,1H3/b12-11+. The van der Waals surface area contributed by atoms with Gasteiger partial charge in [-0.25, -0.2) is 0 Å². The van der Waals surface area contributed by atoms with Gasteiger partial charge in [0.2, 0.25) is 5.91 Å². The van der Waals surface area contributed by atoms with Crippen LogP contribution in [0.25, 0.3) is 6.08 Å². The fourth-order valence-corrected chi connectivity index (χ4v) is 3.22. The van der Waals surface area contributed by atoms with Crippen LogP contribution in [0, 0.1) is 10.1 Å². The summed E-state index contributed by atoms with van der Waals surface area (Å²) in [5, 5.41) is 11.1. The summed E-state index contributed by atoms with van der Waals surface area (Å²) in [6, 6.07) is 14.3. The van der Waals surface area contributed by atoms with Crippen molar-refractivity contribution in [1.29, 1.82) is 0 Å². The van der Waals surface area contributed by atoms with Gasteiger partial charge >= 0.3 is 0 Å². The maximum absolute atomic E-state index is 12.5. The molecule has 1 fully saturated rings. The van der Waals surface area contributed by atoms with Crippen molar-refractivity contribution in [2.45, 2.75) is 6.92 Å². The van der Waals surface area contributed by atoms with Crippen LogP contribution >= 0.6 is 0 Å². The molecule has 2 aromatic carbocycles. The number of carbonyl (C=O) groups is 1. The van der Waals surface area contributed by atoms with Gasteiger partial charge in [-0.3, -0.25) is 14.9 Å². The number of anilines is 1. The molecule has 1 saturated heterocycles. The number of nitro benzene ring substituents is 1. The number of amides is 1. The Morgan fingerprint density at radius 3 is 2.50 bits per heavy atom. The van der Waals surface area contributed by atoms with Gasteiger partial charge in [0.25, 0.3) is 5.69 Å². The topological polar surface area (TPSA) is 75.9 Å². The lowest BCUT2D eigenvalue weighted by Crippen LogP contribution is -2.48. The zero-order valence-corrected chi connectivity index (χ0v) is 15.8. The fraction of sp³-hybridized carbons (Fsp3) is 0.286. The predicted octanol–water partition coefficient (Wildman–Crippen LogP) is 3.36. The van der Waals surface area contributed by atoms with Crippen LogP contribution in [0.5, 0.6) is 5.75 Å². The van der Waals surface area contributed by atoms with Crippen LogP contribution in [0.15, 0.2) is 54.6 Å². The second-order valence-electron chi connectivity index (χ2n) is 6.36. The molecule has 0 N–H and O–H groups in total. The Bertz CT molecular complexity index is 873. The van der Waals surface area contributed by atoms with Gasteiger partial charge in [0.05, 0.1) is 22.8 Å². The lowest BCUT2D eigenvalue weighted by molar-refractivity contribution is -0.385. The molecule has 0 aromatic heterocycles. The van der Waals surface area contributed by atoms with Crippen molar-refractivity contribution in [3.05, 3.63) is 70.3 Å². The van der Waals surface area contributed by atoms with E-state index in [0.29, 0.717) is 38.3 Å². The average Bonchev–Trinajstić information content (AvgIpc) is 2.73. The number of piperazine rings is 1. The van der Waals surface area contributed by atoms with Gasteiger partial charge in [-0.15, -0.1) is 0 Å². The lowest BCUT2D eigenvalue weighted by atomic mass is 10.1. The highest BCUT2D eigenvalue weighted by Crippen LogP contribution is 2.29. The summed E-state index contributed by atoms with van der Waals surface area (Å²) in [4.78, 5) is 27.1. The molecule has 1 heterocycles. The summed E-state index contributed by atoms with van der Waals surface area (Å²) >= 11 is 0. The number of hydrogen-bond acceptors (Lipinski definition) is 5. The van der Waals surface area contributed by atoms with Crippen LogP contribution in [0.1, 0.15) is 12.5 Å². The molecule has 0 bridgehead atoms. The highest BCUT2D eigenvalue weighted by molar-refractivity contribution is 5.92. The summed E-state index contributed by atoms with van der Waals surface area (Å²) in [5.41, 5.74) is 1.45. The smallest absolute Gasteiger partial charge is 0.276 e.